The first kappa shape index (κ1) is 35.3. The number of amides is 2. The van der Waals surface area contributed by atoms with E-state index in [0.717, 1.165) is 26.4 Å². The molecule has 0 saturated heterocycles. The topological polar surface area (TPSA) is 165 Å². The van der Waals surface area contributed by atoms with Gasteiger partial charge in [0.05, 0.1) is 35.6 Å². The quantitative estimate of drug-likeness (QED) is 0.129. The van der Waals surface area contributed by atoms with E-state index >= 15 is 0 Å². The molecule has 0 heterocycles. The SMILES string of the molecule is C=C(C)C(OC(=O)Nc1cc(OC(=O)Oc2cc(NC(=O)OC(C(=C)C)C(=O)OC)c(F)cc2Cl)c(Cl)cc1F)C(=O)OC. The molecule has 0 aliphatic rings. The summed E-state index contributed by atoms with van der Waals surface area (Å²) in [5.41, 5.74) is -0.945. The first-order valence-corrected chi connectivity index (χ1v) is 12.6. The average molecular weight is 661 g/mol. The Labute approximate surface area is 258 Å². The molecule has 44 heavy (non-hydrogen) atoms. The maximum absolute atomic E-state index is 14.5. The summed E-state index contributed by atoms with van der Waals surface area (Å²) in [6, 6.07) is 2.95. The fourth-order valence-electron chi connectivity index (χ4n) is 3.01. The van der Waals surface area contributed by atoms with Crippen molar-refractivity contribution in [3.63, 3.8) is 0 Å². The zero-order valence-electron chi connectivity index (χ0n) is 23.4. The van der Waals surface area contributed by atoms with Crippen LogP contribution in [0.5, 0.6) is 11.5 Å². The van der Waals surface area contributed by atoms with Crippen LogP contribution < -0.4 is 20.1 Å². The van der Waals surface area contributed by atoms with E-state index in [0.29, 0.717) is 12.1 Å². The van der Waals surface area contributed by atoms with E-state index in [1.165, 1.54) is 13.8 Å². The van der Waals surface area contributed by atoms with Gasteiger partial charge in [-0.1, -0.05) is 36.4 Å². The van der Waals surface area contributed by atoms with Crippen molar-refractivity contribution in [2.75, 3.05) is 24.9 Å². The van der Waals surface area contributed by atoms with Crippen LogP contribution in [-0.4, -0.2) is 56.7 Å². The van der Waals surface area contributed by atoms with Crippen LogP contribution in [0.2, 0.25) is 10.0 Å². The third-order valence-electron chi connectivity index (χ3n) is 5.08. The normalized spacial score (nSPS) is 11.6. The van der Waals surface area contributed by atoms with Gasteiger partial charge >= 0.3 is 30.3 Å². The number of halogens is 4. The molecule has 2 aromatic carbocycles. The fourth-order valence-corrected chi connectivity index (χ4v) is 3.39. The lowest BCUT2D eigenvalue weighted by atomic mass is 10.2. The van der Waals surface area contributed by atoms with Gasteiger partial charge in [-0.15, -0.1) is 0 Å². The number of carbonyl (C=O) groups is 5. The van der Waals surface area contributed by atoms with Crippen molar-refractivity contribution in [3.8, 4) is 11.5 Å². The zero-order valence-corrected chi connectivity index (χ0v) is 24.9. The van der Waals surface area contributed by atoms with Gasteiger partial charge in [0, 0.05) is 12.1 Å². The lowest BCUT2D eigenvalue weighted by Gasteiger charge is -2.17. The van der Waals surface area contributed by atoms with Gasteiger partial charge in [-0.25, -0.2) is 32.8 Å². The second-order valence-corrected chi connectivity index (χ2v) is 9.35. The number of nitrogens with one attached hydrogen (secondary N) is 2. The van der Waals surface area contributed by atoms with Gasteiger partial charge in [-0.2, -0.15) is 0 Å². The standard InChI is InChI=1S/C27H24Cl2F2N2O11/c1-11(2)21(23(34)39-5)43-25(36)32-17-9-19(13(28)7-15(17)30)41-27(38)42-20-10-18(16(31)8-14(20)29)33-26(37)44-22(12(3)4)24(35)40-6/h7-10,21-22H,1,3H2,2,4-6H3,(H,32,36)(H,33,37). The van der Waals surface area contributed by atoms with E-state index in [1.54, 1.807) is 0 Å². The number of benzene rings is 2. The minimum Gasteiger partial charge on any atom is -0.466 e. The maximum Gasteiger partial charge on any atom is 0.519 e. The highest BCUT2D eigenvalue weighted by Crippen LogP contribution is 2.34. The van der Waals surface area contributed by atoms with Crippen LogP contribution in [0.4, 0.5) is 34.5 Å². The second-order valence-electron chi connectivity index (χ2n) is 8.54. The van der Waals surface area contributed by atoms with Crippen LogP contribution >= 0.6 is 23.2 Å². The highest BCUT2D eigenvalue weighted by molar-refractivity contribution is 6.32. The van der Waals surface area contributed by atoms with Gasteiger partial charge < -0.3 is 28.4 Å². The molecule has 2 N–H and O–H groups in total. The number of ether oxygens (including phenoxy) is 6. The van der Waals surface area contributed by atoms with Gasteiger partial charge in [0.1, 0.15) is 11.6 Å². The summed E-state index contributed by atoms with van der Waals surface area (Å²) in [5.74, 6) is -5.09. The Bertz CT molecular complexity index is 1410. The Morgan fingerprint density at radius 2 is 1.05 bits per heavy atom. The van der Waals surface area contributed by atoms with Gasteiger partial charge in [0.15, 0.2) is 11.5 Å². The first-order valence-electron chi connectivity index (χ1n) is 11.9. The molecule has 0 bridgehead atoms. The molecule has 2 rings (SSSR count). The number of methoxy groups -OCH3 is 2. The summed E-state index contributed by atoms with van der Waals surface area (Å²) in [6.45, 7) is 9.79. The summed E-state index contributed by atoms with van der Waals surface area (Å²) in [7, 11) is 2.11. The molecule has 2 unspecified atom stereocenters. The third kappa shape index (κ3) is 9.57. The monoisotopic (exact) mass is 660 g/mol. The van der Waals surface area contributed by atoms with E-state index in [4.69, 9.17) is 42.1 Å². The second kappa shape index (κ2) is 15.5. The minimum absolute atomic E-state index is 0.113. The highest BCUT2D eigenvalue weighted by Gasteiger charge is 2.27. The molecule has 0 aliphatic heterocycles. The predicted molar refractivity (Wildman–Crippen MR) is 151 cm³/mol. The van der Waals surface area contributed by atoms with Gasteiger partial charge in [-0.3, -0.25) is 10.6 Å². The van der Waals surface area contributed by atoms with Crippen LogP contribution in [-0.2, 0) is 28.5 Å². The molecule has 2 aromatic rings. The van der Waals surface area contributed by atoms with Crippen molar-refractivity contribution >= 4 is 64.9 Å². The molecule has 0 fully saturated rings. The number of esters is 2. The summed E-state index contributed by atoms with van der Waals surface area (Å²) in [4.78, 5) is 60.5. The Kier molecular flexibility index (Phi) is 12.5. The first-order chi connectivity index (χ1) is 20.6. The van der Waals surface area contributed by atoms with Crippen molar-refractivity contribution in [2.24, 2.45) is 0 Å². The molecule has 0 spiro atoms. The molecule has 2 amide bonds. The Balaban J connectivity index is 2.19. The number of rotatable bonds is 10. The van der Waals surface area contributed by atoms with Crippen molar-refractivity contribution in [2.45, 2.75) is 26.1 Å². The van der Waals surface area contributed by atoms with E-state index in [9.17, 15) is 32.8 Å². The van der Waals surface area contributed by atoms with Crippen LogP contribution in [0.3, 0.4) is 0 Å². The van der Waals surface area contributed by atoms with E-state index in [-0.39, 0.29) is 11.1 Å². The van der Waals surface area contributed by atoms with Crippen molar-refractivity contribution in [1.29, 1.82) is 0 Å². The van der Waals surface area contributed by atoms with Crippen molar-refractivity contribution in [3.05, 3.63) is 70.2 Å². The van der Waals surface area contributed by atoms with Crippen LogP contribution in [0, 0.1) is 11.6 Å². The molecule has 0 aliphatic carbocycles. The van der Waals surface area contributed by atoms with Gasteiger partial charge in [0.2, 0.25) is 12.2 Å². The lowest BCUT2D eigenvalue weighted by molar-refractivity contribution is -0.148. The summed E-state index contributed by atoms with van der Waals surface area (Å²) >= 11 is 11.9. The predicted octanol–water partition coefficient (Wildman–Crippen LogP) is 6.18. The summed E-state index contributed by atoms with van der Waals surface area (Å²) in [6.07, 6.45) is -7.10. The van der Waals surface area contributed by atoms with Crippen molar-refractivity contribution in [1.82, 2.24) is 0 Å². The maximum atomic E-state index is 14.5. The summed E-state index contributed by atoms with van der Waals surface area (Å²) in [5, 5.41) is 3.14. The van der Waals surface area contributed by atoms with Crippen LogP contribution in [0.1, 0.15) is 13.8 Å². The molecule has 236 valence electrons. The molecular formula is C27H24Cl2F2N2O11. The summed E-state index contributed by atoms with van der Waals surface area (Å²) < 4.78 is 57.7. The van der Waals surface area contributed by atoms with E-state index in [2.05, 4.69) is 22.6 Å². The number of anilines is 2. The number of carbonyl (C=O) groups excluding carboxylic acids is 5. The molecule has 0 saturated carbocycles. The molecule has 0 radical (unpaired) electrons. The molecule has 17 heteroatoms. The van der Waals surface area contributed by atoms with Gasteiger partial charge in [0.25, 0.3) is 0 Å². The molecular weight excluding hydrogens is 637 g/mol. The Morgan fingerprint density at radius 1 is 0.705 bits per heavy atom. The van der Waals surface area contributed by atoms with E-state index in [1.807, 2.05) is 10.6 Å². The Hall–Kier alpha value is -4.89. The molecule has 13 nitrogen and oxygen atoms in total. The van der Waals surface area contributed by atoms with Crippen LogP contribution in [0.15, 0.2) is 48.6 Å². The highest BCUT2D eigenvalue weighted by atomic mass is 35.5. The van der Waals surface area contributed by atoms with Crippen molar-refractivity contribution < 1.29 is 61.2 Å². The van der Waals surface area contributed by atoms with Gasteiger partial charge in [-0.05, 0) is 37.1 Å². The Morgan fingerprint density at radius 3 is 1.34 bits per heavy atom. The minimum atomic E-state index is -1.52. The largest absolute Gasteiger partial charge is 0.519 e. The molecule has 2 atom stereocenters. The van der Waals surface area contributed by atoms with E-state index < -0.39 is 87.0 Å². The number of hydrogen-bond acceptors (Lipinski definition) is 11. The third-order valence-corrected chi connectivity index (χ3v) is 5.67. The lowest BCUT2D eigenvalue weighted by Crippen LogP contribution is -2.31. The van der Waals surface area contributed by atoms with Crippen LogP contribution in [0.25, 0.3) is 0 Å². The smallest absolute Gasteiger partial charge is 0.466 e. The number of hydrogen-bond donors (Lipinski definition) is 2. The zero-order chi connectivity index (χ0) is 33.3. The molecule has 0 aromatic heterocycles. The average Bonchev–Trinajstić information content (AvgIpc) is 2.94. The fraction of sp³-hybridized carbons (Fsp3) is 0.222.